The Balaban J connectivity index is 2.11. The van der Waals surface area contributed by atoms with Gasteiger partial charge < -0.3 is 5.11 Å². The van der Waals surface area contributed by atoms with Gasteiger partial charge in [0, 0.05) is 23.4 Å². The summed E-state index contributed by atoms with van der Waals surface area (Å²) in [6, 6.07) is 1.61. The second-order valence-electron chi connectivity index (χ2n) is 4.53. The van der Waals surface area contributed by atoms with Crippen molar-refractivity contribution < 1.29 is 9.90 Å². The summed E-state index contributed by atoms with van der Waals surface area (Å²) in [7, 11) is 0. The van der Waals surface area contributed by atoms with Gasteiger partial charge >= 0.3 is 5.97 Å². The molecule has 4 nitrogen and oxygen atoms in total. The van der Waals surface area contributed by atoms with E-state index in [1.165, 1.54) is 0 Å². The van der Waals surface area contributed by atoms with Crippen LogP contribution in [0, 0.1) is 5.92 Å². The average Bonchev–Trinajstić information content (AvgIpc) is 2.59. The monoisotopic (exact) mass is 298 g/mol. The highest BCUT2D eigenvalue weighted by Gasteiger charge is 2.36. The number of aromatic nitrogens is 1. The lowest BCUT2D eigenvalue weighted by atomic mass is 10.0. The fourth-order valence-electron chi connectivity index (χ4n) is 2.38. The van der Waals surface area contributed by atoms with Crippen LogP contribution in [-0.2, 0) is 11.3 Å². The number of carbonyl (C=O) groups is 1. The molecule has 92 valence electrons. The molecule has 0 aliphatic carbocycles. The maximum Gasteiger partial charge on any atom is 0.321 e. The number of nitrogens with zero attached hydrogens (tertiary/aromatic N) is 2. The molecule has 2 heterocycles. The standard InChI is InChI=1S/C12H15BrN2O2/c1-8-2-3-15(11(8)12(16)17)7-9-4-10(13)6-14-5-9/h4-6,8,11H,2-3,7H2,1H3,(H,16,17). The molecule has 17 heavy (non-hydrogen) atoms. The van der Waals surface area contributed by atoms with Gasteiger partial charge in [-0.1, -0.05) is 6.92 Å². The van der Waals surface area contributed by atoms with Crippen LogP contribution < -0.4 is 0 Å². The summed E-state index contributed by atoms with van der Waals surface area (Å²) in [6.07, 6.45) is 4.45. The van der Waals surface area contributed by atoms with E-state index in [9.17, 15) is 9.90 Å². The van der Waals surface area contributed by atoms with Crippen molar-refractivity contribution in [3.05, 3.63) is 28.5 Å². The van der Waals surface area contributed by atoms with Gasteiger partial charge in [-0.15, -0.1) is 0 Å². The molecule has 0 aromatic carbocycles. The highest BCUT2D eigenvalue weighted by molar-refractivity contribution is 9.10. The minimum absolute atomic E-state index is 0.215. The van der Waals surface area contributed by atoms with Crippen LogP contribution in [0.1, 0.15) is 18.9 Å². The zero-order valence-electron chi connectivity index (χ0n) is 9.64. The third-order valence-corrected chi connectivity index (χ3v) is 3.64. The Morgan fingerprint density at radius 2 is 2.41 bits per heavy atom. The van der Waals surface area contributed by atoms with E-state index in [4.69, 9.17) is 0 Å². The molecule has 1 N–H and O–H groups in total. The summed E-state index contributed by atoms with van der Waals surface area (Å²) in [5, 5.41) is 9.22. The molecule has 0 bridgehead atoms. The van der Waals surface area contributed by atoms with E-state index in [2.05, 4.69) is 20.9 Å². The van der Waals surface area contributed by atoms with Crippen LogP contribution in [0.25, 0.3) is 0 Å². The number of pyridine rings is 1. The lowest BCUT2D eigenvalue weighted by Crippen LogP contribution is -2.38. The SMILES string of the molecule is CC1CCN(Cc2cncc(Br)c2)C1C(=O)O. The number of carboxylic acid groups (broad SMARTS) is 1. The summed E-state index contributed by atoms with van der Waals surface area (Å²) < 4.78 is 0.925. The summed E-state index contributed by atoms with van der Waals surface area (Å²) in [5.74, 6) is -0.509. The maximum absolute atomic E-state index is 11.2. The molecule has 1 aliphatic rings. The van der Waals surface area contributed by atoms with Crippen molar-refractivity contribution in [2.24, 2.45) is 5.92 Å². The van der Waals surface area contributed by atoms with Crippen molar-refractivity contribution in [3.8, 4) is 0 Å². The van der Waals surface area contributed by atoms with Crippen molar-refractivity contribution in [2.75, 3.05) is 6.54 Å². The molecular formula is C12H15BrN2O2. The van der Waals surface area contributed by atoms with Crippen LogP contribution in [0.2, 0.25) is 0 Å². The third kappa shape index (κ3) is 2.84. The van der Waals surface area contributed by atoms with E-state index in [0.717, 1.165) is 23.0 Å². The van der Waals surface area contributed by atoms with Gasteiger partial charge in [-0.05, 0) is 46.4 Å². The largest absolute Gasteiger partial charge is 0.480 e. The highest BCUT2D eigenvalue weighted by Crippen LogP contribution is 2.26. The smallest absolute Gasteiger partial charge is 0.321 e. The number of aliphatic carboxylic acids is 1. The van der Waals surface area contributed by atoms with Gasteiger partial charge in [0.1, 0.15) is 6.04 Å². The van der Waals surface area contributed by atoms with Crippen molar-refractivity contribution in [2.45, 2.75) is 25.9 Å². The van der Waals surface area contributed by atoms with Crippen LogP contribution in [0.15, 0.2) is 22.9 Å². The predicted molar refractivity (Wildman–Crippen MR) is 67.6 cm³/mol. The van der Waals surface area contributed by atoms with Crippen LogP contribution in [0.4, 0.5) is 0 Å². The van der Waals surface area contributed by atoms with Crippen LogP contribution in [-0.4, -0.2) is 33.5 Å². The number of hydrogen-bond donors (Lipinski definition) is 1. The molecule has 2 unspecified atom stereocenters. The molecule has 5 heteroatoms. The minimum Gasteiger partial charge on any atom is -0.480 e. The summed E-state index contributed by atoms with van der Waals surface area (Å²) in [4.78, 5) is 17.3. The second kappa shape index (κ2) is 5.14. The summed E-state index contributed by atoms with van der Waals surface area (Å²) in [5.41, 5.74) is 1.04. The molecule has 1 saturated heterocycles. The average molecular weight is 299 g/mol. The Bertz CT molecular complexity index is 425. The predicted octanol–water partition coefficient (Wildman–Crippen LogP) is 2.14. The number of rotatable bonds is 3. The van der Waals surface area contributed by atoms with Gasteiger partial charge in [-0.25, -0.2) is 0 Å². The lowest BCUT2D eigenvalue weighted by Gasteiger charge is -2.22. The minimum atomic E-state index is -0.724. The van der Waals surface area contributed by atoms with E-state index in [-0.39, 0.29) is 12.0 Å². The molecule has 2 rings (SSSR count). The Morgan fingerprint density at radius 3 is 3.06 bits per heavy atom. The third-order valence-electron chi connectivity index (χ3n) is 3.20. The Hall–Kier alpha value is -0.940. The summed E-state index contributed by atoms with van der Waals surface area (Å²) >= 11 is 3.37. The molecule has 1 fully saturated rings. The maximum atomic E-state index is 11.2. The molecule has 1 aliphatic heterocycles. The number of halogens is 1. The van der Waals surface area contributed by atoms with Gasteiger partial charge in [0.25, 0.3) is 0 Å². The van der Waals surface area contributed by atoms with E-state index < -0.39 is 5.97 Å². The van der Waals surface area contributed by atoms with Crippen molar-refractivity contribution in [1.29, 1.82) is 0 Å². The molecule has 0 saturated carbocycles. The first-order chi connectivity index (χ1) is 8.08. The van der Waals surface area contributed by atoms with Crippen LogP contribution >= 0.6 is 15.9 Å². The Morgan fingerprint density at radius 1 is 1.65 bits per heavy atom. The van der Waals surface area contributed by atoms with Crippen LogP contribution in [0.5, 0.6) is 0 Å². The first kappa shape index (κ1) is 12.5. The number of hydrogen-bond acceptors (Lipinski definition) is 3. The zero-order valence-corrected chi connectivity index (χ0v) is 11.2. The summed E-state index contributed by atoms with van der Waals surface area (Å²) in [6.45, 7) is 3.48. The van der Waals surface area contributed by atoms with E-state index >= 15 is 0 Å². The molecule has 0 amide bonds. The molecular weight excluding hydrogens is 284 g/mol. The first-order valence-electron chi connectivity index (χ1n) is 5.64. The number of carboxylic acids is 1. The highest BCUT2D eigenvalue weighted by atomic mass is 79.9. The molecule has 0 radical (unpaired) electrons. The van der Waals surface area contributed by atoms with Gasteiger partial charge in [0.2, 0.25) is 0 Å². The molecule has 0 spiro atoms. The molecule has 1 aromatic rings. The van der Waals surface area contributed by atoms with E-state index in [0.29, 0.717) is 6.54 Å². The quantitative estimate of drug-likeness (QED) is 0.929. The molecule has 2 atom stereocenters. The zero-order chi connectivity index (χ0) is 12.4. The Labute approximate surface area is 109 Å². The van der Waals surface area contributed by atoms with Crippen LogP contribution in [0.3, 0.4) is 0 Å². The lowest BCUT2D eigenvalue weighted by molar-refractivity contribution is -0.143. The van der Waals surface area contributed by atoms with Gasteiger partial charge in [-0.3, -0.25) is 14.7 Å². The van der Waals surface area contributed by atoms with Gasteiger partial charge in [0.15, 0.2) is 0 Å². The van der Waals surface area contributed by atoms with E-state index in [1.54, 1.807) is 12.4 Å². The van der Waals surface area contributed by atoms with Crippen molar-refractivity contribution in [3.63, 3.8) is 0 Å². The topological polar surface area (TPSA) is 53.4 Å². The van der Waals surface area contributed by atoms with Crippen molar-refractivity contribution >= 4 is 21.9 Å². The van der Waals surface area contributed by atoms with Gasteiger partial charge in [0.05, 0.1) is 0 Å². The normalized spacial score (nSPS) is 25.1. The molecule has 1 aromatic heterocycles. The fourth-order valence-corrected chi connectivity index (χ4v) is 2.79. The number of likely N-dealkylation sites (tertiary alicyclic amines) is 1. The first-order valence-corrected chi connectivity index (χ1v) is 6.43. The van der Waals surface area contributed by atoms with Crippen molar-refractivity contribution in [1.82, 2.24) is 9.88 Å². The van der Waals surface area contributed by atoms with E-state index in [1.807, 2.05) is 17.9 Å². The second-order valence-corrected chi connectivity index (χ2v) is 5.45. The van der Waals surface area contributed by atoms with Gasteiger partial charge in [-0.2, -0.15) is 0 Å². The fraction of sp³-hybridized carbons (Fsp3) is 0.500. The Kier molecular flexibility index (Phi) is 3.79.